The molecule has 1 saturated heterocycles. The Bertz CT molecular complexity index is 793. The van der Waals surface area contributed by atoms with Crippen LogP contribution in [0.3, 0.4) is 0 Å². The van der Waals surface area contributed by atoms with Gasteiger partial charge in [0.2, 0.25) is 5.91 Å². The fraction of sp³-hybridized carbons (Fsp3) is 0.640. The van der Waals surface area contributed by atoms with E-state index >= 15 is 0 Å². The quantitative estimate of drug-likeness (QED) is 0.356. The number of carbonyl (C=O) groups is 3. The number of ether oxygens (including phenoxy) is 4. The van der Waals surface area contributed by atoms with E-state index in [0.29, 0.717) is 58.3 Å². The van der Waals surface area contributed by atoms with Crippen molar-refractivity contribution < 1.29 is 33.3 Å². The zero-order valence-electron chi connectivity index (χ0n) is 21.6. The van der Waals surface area contributed by atoms with Gasteiger partial charge in [-0.2, -0.15) is 0 Å². The molecule has 3 amide bonds. The Morgan fingerprint density at radius 3 is 2.19 bits per heavy atom. The van der Waals surface area contributed by atoms with Crippen LogP contribution in [0.5, 0.6) is 5.75 Å². The largest absolute Gasteiger partial charge is 0.484 e. The van der Waals surface area contributed by atoms with Gasteiger partial charge in [-0.1, -0.05) is 18.2 Å². The molecule has 0 spiro atoms. The Kier molecular flexibility index (Phi) is 13.0. The predicted molar refractivity (Wildman–Crippen MR) is 134 cm³/mol. The van der Waals surface area contributed by atoms with Crippen molar-refractivity contribution in [3.8, 4) is 5.75 Å². The van der Waals surface area contributed by atoms with Crippen molar-refractivity contribution in [2.75, 3.05) is 78.9 Å². The van der Waals surface area contributed by atoms with E-state index in [4.69, 9.17) is 18.9 Å². The molecule has 11 nitrogen and oxygen atoms in total. The molecule has 0 aliphatic carbocycles. The monoisotopic (exact) mass is 508 g/mol. The maximum Gasteiger partial charge on any atom is 0.407 e. The summed E-state index contributed by atoms with van der Waals surface area (Å²) in [6.07, 6.45) is -0.470. The van der Waals surface area contributed by atoms with Crippen LogP contribution in [-0.2, 0) is 23.8 Å². The number of nitrogens with one attached hydrogen (secondary N) is 2. The van der Waals surface area contributed by atoms with Crippen LogP contribution in [0.4, 0.5) is 4.79 Å². The van der Waals surface area contributed by atoms with Gasteiger partial charge in [-0.05, 0) is 32.9 Å². The molecular weight excluding hydrogens is 468 g/mol. The molecule has 2 rings (SSSR count). The average molecular weight is 509 g/mol. The van der Waals surface area contributed by atoms with Gasteiger partial charge < -0.3 is 34.5 Å². The molecule has 2 N–H and O–H groups in total. The number of rotatable bonds is 14. The van der Waals surface area contributed by atoms with Crippen molar-refractivity contribution in [2.45, 2.75) is 26.3 Å². The van der Waals surface area contributed by atoms with Gasteiger partial charge in [0.1, 0.15) is 12.4 Å². The minimum atomic E-state index is -0.470. The SMILES string of the molecule is CC(C)(C)NC(=O)OCCOCCOCCNC(=O)CN1CCN(C(=O)COc2ccccc2)CC1. The Balaban J connectivity index is 1.42. The number of piperazine rings is 1. The minimum Gasteiger partial charge on any atom is -0.484 e. The Hall–Kier alpha value is -2.89. The molecule has 0 aromatic heterocycles. The number of benzene rings is 1. The molecule has 1 aromatic carbocycles. The van der Waals surface area contributed by atoms with Crippen molar-refractivity contribution in [1.29, 1.82) is 0 Å². The van der Waals surface area contributed by atoms with Crippen molar-refractivity contribution in [3.63, 3.8) is 0 Å². The van der Waals surface area contributed by atoms with Crippen molar-refractivity contribution in [2.24, 2.45) is 0 Å². The van der Waals surface area contributed by atoms with Gasteiger partial charge in [0.15, 0.2) is 6.61 Å². The number of carbonyl (C=O) groups excluding carboxylic acids is 3. The van der Waals surface area contributed by atoms with Crippen LogP contribution in [0.1, 0.15) is 20.8 Å². The van der Waals surface area contributed by atoms with Gasteiger partial charge in [0.05, 0.1) is 33.0 Å². The summed E-state index contributed by atoms with van der Waals surface area (Å²) in [7, 11) is 0. The predicted octanol–water partition coefficient (Wildman–Crippen LogP) is 0.884. The summed E-state index contributed by atoms with van der Waals surface area (Å²) in [5.74, 6) is 0.542. The highest BCUT2D eigenvalue weighted by Crippen LogP contribution is 2.09. The van der Waals surface area contributed by atoms with E-state index < -0.39 is 6.09 Å². The van der Waals surface area contributed by atoms with Gasteiger partial charge in [0.25, 0.3) is 5.91 Å². The number of nitrogens with zero attached hydrogens (tertiary/aromatic N) is 2. The van der Waals surface area contributed by atoms with Gasteiger partial charge in [-0.3, -0.25) is 14.5 Å². The molecule has 202 valence electrons. The number of hydrogen-bond acceptors (Lipinski definition) is 8. The summed E-state index contributed by atoms with van der Waals surface area (Å²) in [4.78, 5) is 39.8. The number of amides is 3. The second-order valence-corrected chi connectivity index (χ2v) is 9.34. The summed E-state index contributed by atoms with van der Waals surface area (Å²) in [6, 6.07) is 9.25. The summed E-state index contributed by atoms with van der Waals surface area (Å²) in [5, 5.41) is 5.53. The molecule has 1 heterocycles. The highest BCUT2D eigenvalue weighted by molar-refractivity contribution is 5.79. The van der Waals surface area contributed by atoms with E-state index in [0.717, 1.165) is 0 Å². The molecule has 0 saturated carbocycles. The third-order valence-corrected chi connectivity index (χ3v) is 5.08. The maximum absolute atomic E-state index is 12.3. The lowest BCUT2D eigenvalue weighted by Crippen LogP contribution is -2.52. The second kappa shape index (κ2) is 16.0. The summed E-state index contributed by atoms with van der Waals surface area (Å²) in [6.45, 7) is 10.3. The van der Waals surface area contributed by atoms with Crippen LogP contribution in [0.15, 0.2) is 30.3 Å². The molecule has 0 radical (unpaired) electrons. The Labute approximate surface area is 213 Å². The van der Waals surface area contributed by atoms with Crippen LogP contribution >= 0.6 is 0 Å². The normalized spacial score (nSPS) is 14.2. The highest BCUT2D eigenvalue weighted by Gasteiger charge is 2.22. The summed E-state index contributed by atoms with van der Waals surface area (Å²) >= 11 is 0. The molecular formula is C25H40N4O7. The van der Waals surface area contributed by atoms with E-state index in [-0.39, 0.29) is 43.7 Å². The molecule has 1 fully saturated rings. The maximum atomic E-state index is 12.3. The molecule has 0 atom stereocenters. The molecule has 11 heteroatoms. The lowest BCUT2D eigenvalue weighted by Gasteiger charge is -2.34. The highest BCUT2D eigenvalue weighted by atomic mass is 16.6. The Morgan fingerprint density at radius 1 is 0.889 bits per heavy atom. The average Bonchev–Trinajstić information content (AvgIpc) is 2.83. The zero-order valence-corrected chi connectivity index (χ0v) is 21.6. The lowest BCUT2D eigenvalue weighted by molar-refractivity contribution is -0.135. The van der Waals surface area contributed by atoms with E-state index in [1.165, 1.54) is 0 Å². The van der Waals surface area contributed by atoms with Crippen molar-refractivity contribution >= 4 is 17.9 Å². The van der Waals surface area contributed by atoms with E-state index in [2.05, 4.69) is 10.6 Å². The third kappa shape index (κ3) is 13.3. The third-order valence-electron chi connectivity index (χ3n) is 5.08. The van der Waals surface area contributed by atoms with Crippen LogP contribution in [-0.4, -0.2) is 112 Å². The van der Waals surface area contributed by atoms with Gasteiger partial charge >= 0.3 is 6.09 Å². The van der Waals surface area contributed by atoms with E-state index in [1.54, 1.807) is 4.90 Å². The van der Waals surface area contributed by atoms with Crippen LogP contribution in [0, 0.1) is 0 Å². The molecule has 1 aromatic rings. The Morgan fingerprint density at radius 2 is 1.53 bits per heavy atom. The molecule has 1 aliphatic heterocycles. The smallest absolute Gasteiger partial charge is 0.407 e. The van der Waals surface area contributed by atoms with Crippen LogP contribution < -0.4 is 15.4 Å². The number of hydrogen-bond donors (Lipinski definition) is 2. The van der Waals surface area contributed by atoms with Crippen LogP contribution in [0.2, 0.25) is 0 Å². The van der Waals surface area contributed by atoms with Gasteiger partial charge in [-0.15, -0.1) is 0 Å². The first-order valence-electron chi connectivity index (χ1n) is 12.3. The first-order valence-corrected chi connectivity index (χ1v) is 12.3. The molecule has 36 heavy (non-hydrogen) atoms. The topological polar surface area (TPSA) is 119 Å². The van der Waals surface area contributed by atoms with Crippen molar-refractivity contribution in [3.05, 3.63) is 30.3 Å². The summed E-state index contributed by atoms with van der Waals surface area (Å²) < 4.78 is 21.3. The fourth-order valence-electron chi connectivity index (χ4n) is 3.29. The number of alkyl carbamates (subject to hydrolysis) is 1. The van der Waals surface area contributed by atoms with E-state index in [1.807, 2.05) is 56.0 Å². The van der Waals surface area contributed by atoms with Crippen molar-refractivity contribution in [1.82, 2.24) is 20.4 Å². The first kappa shape index (κ1) is 29.3. The van der Waals surface area contributed by atoms with Crippen LogP contribution in [0.25, 0.3) is 0 Å². The fourth-order valence-corrected chi connectivity index (χ4v) is 3.29. The molecule has 1 aliphatic rings. The lowest BCUT2D eigenvalue weighted by atomic mass is 10.1. The van der Waals surface area contributed by atoms with E-state index in [9.17, 15) is 14.4 Å². The zero-order chi connectivity index (χ0) is 26.2. The summed E-state index contributed by atoms with van der Waals surface area (Å²) in [5.41, 5.74) is -0.338. The molecule has 0 bridgehead atoms. The van der Waals surface area contributed by atoms with Gasteiger partial charge in [0, 0.05) is 38.3 Å². The minimum absolute atomic E-state index is 0.0118. The standard InChI is InChI=1S/C25H40N4O7/c1-25(2,3)27-24(32)35-18-17-34-16-15-33-14-9-26-22(30)19-28-10-12-29(13-11-28)23(31)20-36-21-7-5-4-6-8-21/h4-8H,9-20H2,1-3H3,(H,26,30)(H,27,32). The first-order chi connectivity index (χ1) is 17.2. The second-order valence-electron chi connectivity index (χ2n) is 9.34. The number of para-hydroxylation sites is 1. The molecule has 0 unspecified atom stereocenters. The van der Waals surface area contributed by atoms with Gasteiger partial charge in [-0.25, -0.2) is 4.79 Å².